The molecule has 2 rings (SSSR count). The van der Waals surface area contributed by atoms with E-state index < -0.39 is 11.9 Å². The minimum absolute atomic E-state index is 0.0233. The predicted molar refractivity (Wildman–Crippen MR) is 84.9 cm³/mol. The Balaban J connectivity index is 2.38. The number of benzene rings is 1. The van der Waals surface area contributed by atoms with Crippen LogP contribution < -0.4 is 10.6 Å². The first-order valence-electron chi connectivity index (χ1n) is 7.35. The lowest BCUT2D eigenvalue weighted by Gasteiger charge is -2.16. The molecular weight excluding hydrogens is 305 g/mol. The summed E-state index contributed by atoms with van der Waals surface area (Å²) in [6, 6.07) is 8.20. The van der Waals surface area contributed by atoms with Crippen LogP contribution >= 0.6 is 0 Å². The van der Waals surface area contributed by atoms with Crippen molar-refractivity contribution >= 4 is 17.5 Å². The van der Waals surface area contributed by atoms with Gasteiger partial charge in [0, 0.05) is 17.8 Å². The van der Waals surface area contributed by atoms with E-state index in [0.717, 1.165) is 18.1 Å². The Labute approximate surface area is 133 Å². The van der Waals surface area contributed by atoms with Gasteiger partial charge in [-0.2, -0.15) is 18.2 Å². The SMILES string of the molecule is CC[C@H](C)Nc1nc(Nc2ccccc2C)cc(C(F)(F)F)n1. The molecule has 4 nitrogen and oxygen atoms in total. The fourth-order valence-corrected chi connectivity index (χ4v) is 1.89. The van der Waals surface area contributed by atoms with Gasteiger partial charge in [0.1, 0.15) is 5.82 Å². The maximum atomic E-state index is 13.0. The third-order valence-corrected chi connectivity index (χ3v) is 3.41. The highest BCUT2D eigenvalue weighted by atomic mass is 19.4. The molecule has 0 aliphatic rings. The molecule has 0 bridgehead atoms. The molecule has 1 heterocycles. The van der Waals surface area contributed by atoms with Crippen LogP contribution in [0, 0.1) is 6.92 Å². The van der Waals surface area contributed by atoms with Gasteiger partial charge in [0.15, 0.2) is 5.69 Å². The molecule has 0 aliphatic carbocycles. The molecule has 1 atom stereocenters. The first-order chi connectivity index (χ1) is 10.8. The number of nitrogens with zero attached hydrogens (tertiary/aromatic N) is 2. The van der Waals surface area contributed by atoms with Crippen molar-refractivity contribution in [3.63, 3.8) is 0 Å². The van der Waals surface area contributed by atoms with Gasteiger partial charge in [0.25, 0.3) is 0 Å². The number of rotatable bonds is 5. The van der Waals surface area contributed by atoms with Gasteiger partial charge in [-0.15, -0.1) is 0 Å². The molecule has 0 saturated heterocycles. The van der Waals surface area contributed by atoms with Crippen LogP contribution in [0.4, 0.5) is 30.6 Å². The fourth-order valence-electron chi connectivity index (χ4n) is 1.89. The molecule has 0 aliphatic heterocycles. The van der Waals surface area contributed by atoms with Gasteiger partial charge < -0.3 is 10.6 Å². The smallest absolute Gasteiger partial charge is 0.352 e. The zero-order chi connectivity index (χ0) is 17.0. The summed E-state index contributed by atoms with van der Waals surface area (Å²) >= 11 is 0. The molecule has 0 radical (unpaired) electrons. The molecule has 23 heavy (non-hydrogen) atoms. The van der Waals surface area contributed by atoms with Crippen LogP contribution in [-0.2, 0) is 6.18 Å². The van der Waals surface area contributed by atoms with E-state index in [0.29, 0.717) is 5.69 Å². The number of nitrogens with one attached hydrogen (secondary N) is 2. The van der Waals surface area contributed by atoms with Crippen molar-refractivity contribution in [1.29, 1.82) is 0 Å². The van der Waals surface area contributed by atoms with E-state index in [1.165, 1.54) is 0 Å². The van der Waals surface area contributed by atoms with E-state index in [4.69, 9.17) is 0 Å². The second-order valence-electron chi connectivity index (χ2n) is 5.35. The highest BCUT2D eigenvalue weighted by Gasteiger charge is 2.33. The van der Waals surface area contributed by atoms with Crippen molar-refractivity contribution in [2.24, 2.45) is 0 Å². The Morgan fingerprint density at radius 1 is 1.17 bits per heavy atom. The number of hydrogen-bond acceptors (Lipinski definition) is 4. The van der Waals surface area contributed by atoms with E-state index in [1.807, 2.05) is 32.9 Å². The van der Waals surface area contributed by atoms with E-state index in [-0.39, 0.29) is 17.8 Å². The molecule has 1 aromatic carbocycles. The minimum Gasteiger partial charge on any atom is -0.352 e. The molecule has 0 unspecified atom stereocenters. The number of para-hydroxylation sites is 1. The molecule has 2 aromatic rings. The van der Waals surface area contributed by atoms with Crippen molar-refractivity contribution in [3.8, 4) is 0 Å². The predicted octanol–water partition coefficient (Wildman–Crippen LogP) is 4.76. The van der Waals surface area contributed by atoms with Crippen molar-refractivity contribution in [2.45, 2.75) is 39.4 Å². The van der Waals surface area contributed by atoms with Gasteiger partial charge in [-0.05, 0) is 31.9 Å². The molecule has 0 amide bonds. The Bertz CT molecular complexity index is 671. The van der Waals surface area contributed by atoms with Gasteiger partial charge >= 0.3 is 6.18 Å². The van der Waals surface area contributed by atoms with Crippen LogP contribution in [0.5, 0.6) is 0 Å². The third-order valence-electron chi connectivity index (χ3n) is 3.41. The summed E-state index contributed by atoms with van der Waals surface area (Å²) in [4.78, 5) is 7.71. The lowest BCUT2D eigenvalue weighted by molar-refractivity contribution is -0.141. The van der Waals surface area contributed by atoms with Gasteiger partial charge in [0.2, 0.25) is 5.95 Å². The van der Waals surface area contributed by atoms with Crippen LogP contribution in [0.15, 0.2) is 30.3 Å². The Morgan fingerprint density at radius 3 is 2.48 bits per heavy atom. The molecule has 124 valence electrons. The highest BCUT2D eigenvalue weighted by molar-refractivity contribution is 5.61. The van der Waals surface area contributed by atoms with Crippen LogP contribution in [0.1, 0.15) is 31.5 Å². The number of aromatic nitrogens is 2. The molecule has 0 spiro atoms. The summed E-state index contributed by atoms with van der Waals surface area (Å²) in [5.41, 5.74) is 0.638. The van der Waals surface area contributed by atoms with Crippen LogP contribution in [0.2, 0.25) is 0 Å². The Kier molecular flexibility index (Phi) is 5.08. The van der Waals surface area contributed by atoms with Crippen molar-refractivity contribution < 1.29 is 13.2 Å². The molecule has 7 heteroatoms. The summed E-state index contributed by atoms with van der Waals surface area (Å²) in [6.07, 6.45) is -3.78. The van der Waals surface area contributed by atoms with Crippen LogP contribution in [0.3, 0.4) is 0 Å². The van der Waals surface area contributed by atoms with Gasteiger partial charge in [-0.3, -0.25) is 0 Å². The zero-order valence-corrected chi connectivity index (χ0v) is 13.2. The third kappa shape index (κ3) is 4.58. The van der Waals surface area contributed by atoms with Gasteiger partial charge in [0.05, 0.1) is 0 Å². The number of halogens is 3. The highest BCUT2D eigenvalue weighted by Crippen LogP contribution is 2.31. The summed E-state index contributed by atoms with van der Waals surface area (Å²) in [5.74, 6) is 0.0673. The second-order valence-corrected chi connectivity index (χ2v) is 5.35. The average molecular weight is 324 g/mol. The number of alkyl halides is 3. The molecule has 0 fully saturated rings. The quantitative estimate of drug-likeness (QED) is 0.833. The van der Waals surface area contributed by atoms with Crippen molar-refractivity contribution in [3.05, 3.63) is 41.6 Å². The van der Waals surface area contributed by atoms with E-state index in [1.54, 1.807) is 12.1 Å². The Morgan fingerprint density at radius 2 is 1.87 bits per heavy atom. The van der Waals surface area contributed by atoms with Crippen molar-refractivity contribution in [1.82, 2.24) is 9.97 Å². The lowest BCUT2D eigenvalue weighted by Crippen LogP contribution is -2.18. The average Bonchev–Trinajstić information content (AvgIpc) is 2.48. The summed E-state index contributed by atoms with van der Waals surface area (Å²) in [7, 11) is 0. The monoisotopic (exact) mass is 324 g/mol. The lowest BCUT2D eigenvalue weighted by atomic mass is 10.2. The van der Waals surface area contributed by atoms with Crippen LogP contribution in [-0.4, -0.2) is 16.0 Å². The fraction of sp³-hybridized carbons (Fsp3) is 0.375. The number of anilines is 3. The maximum absolute atomic E-state index is 13.0. The first-order valence-corrected chi connectivity index (χ1v) is 7.35. The topological polar surface area (TPSA) is 49.8 Å². The van der Waals surface area contributed by atoms with E-state index >= 15 is 0 Å². The molecule has 0 saturated carbocycles. The van der Waals surface area contributed by atoms with Crippen molar-refractivity contribution in [2.75, 3.05) is 10.6 Å². The minimum atomic E-state index is -4.53. The summed E-state index contributed by atoms with van der Waals surface area (Å²) < 4.78 is 39.1. The second kappa shape index (κ2) is 6.85. The number of hydrogen-bond donors (Lipinski definition) is 2. The largest absolute Gasteiger partial charge is 0.433 e. The van der Waals surface area contributed by atoms with E-state index in [9.17, 15) is 13.2 Å². The summed E-state index contributed by atoms with van der Waals surface area (Å²) in [6.45, 7) is 5.66. The van der Waals surface area contributed by atoms with Gasteiger partial charge in [-0.25, -0.2) is 4.98 Å². The van der Waals surface area contributed by atoms with Gasteiger partial charge in [-0.1, -0.05) is 25.1 Å². The summed E-state index contributed by atoms with van der Waals surface area (Å²) in [5, 5.41) is 5.81. The Hall–Kier alpha value is -2.31. The molecule has 2 N–H and O–H groups in total. The zero-order valence-electron chi connectivity index (χ0n) is 13.2. The molecular formula is C16H19F3N4. The standard InChI is InChI=1S/C16H19F3N4/c1-4-11(3)20-15-22-13(16(17,18)19)9-14(23-15)21-12-8-6-5-7-10(12)2/h5-9,11H,4H2,1-3H3,(H2,20,21,22,23)/t11-/m0/s1. The first kappa shape index (κ1) is 17.1. The normalized spacial score (nSPS) is 12.8. The maximum Gasteiger partial charge on any atom is 0.433 e. The molecule has 1 aromatic heterocycles. The van der Waals surface area contributed by atoms with E-state index in [2.05, 4.69) is 20.6 Å². The number of aryl methyl sites for hydroxylation is 1. The van der Waals surface area contributed by atoms with Crippen LogP contribution in [0.25, 0.3) is 0 Å².